The Balaban J connectivity index is 1.14. The molecule has 1 N–H and O–H groups in total. The minimum absolute atomic E-state index is 0.128. The molecule has 6 rings (SSSR count). The molecule has 2 bridgehead atoms. The molecule has 3 aromatic rings. The van der Waals surface area contributed by atoms with Gasteiger partial charge >= 0.3 is 0 Å². The average molecular weight is 497 g/mol. The molecule has 3 saturated heterocycles. The van der Waals surface area contributed by atoms with Gasteiger partial charge in [0.05, 0.1) is 5.69 Å². The number of aliphatic hydroxyl groups excluding tert-OH is 1. The zero-order valence-corrected chi connectivity index (χ0v) is 20.8. The second kappa shape index (κ2) is 9.23. The Labute approximate surface area is 209 Å². The lowest BCUT2D eigenvalue weighted by molar-refractivity contribution is -0.139. The van der Waals surface area contributed by atoms with Crippen molar-refractivity contribution < 1.29 is 18.8 Å². The number of para-hydroxylation sites is 1. The summed E-state index contributed by atoms with van der Waals surface area (Å²) in [5.74, 6) is 0.664. The first kappa shape index (κ1) is 23.5. The van der Waals surface area contributed by atoms with Gasteiger partial charge in [-0.1, -0.05) is 26.0 Å². The van der Waals surface area contributed by atoms with Crippen molar-refractivity contribution in [3.8, 4) is 5.95 Å². The van der Waals surface area contributed by atoms with Gasteiger partial charge in [0.25, 0.3) is 5.95 Å². The van der Waals surface area contributed by atoms with Crippen LogP contribution < -0.4 is 0 Å². The van der Waals surface area contributed by atoms with Gasteiger partial charge in [0.15, 0.2) is 0 Å². The number of carbonyl (C=O) groups is 1. The molecule has 3 aliphatic rings. The number of aliphatic hydroxyl groups is 1. The van der Waals surface area contributed by atoms with Gasteiger partial charge in [-0.05, 0) is 68.8 Å². The standard InChI is InChI=1S/C26H33FN6O3/c1-15(2)23-20-4-3-5-21(27)24(20)33(29-23)26-28-25(36-30-26)16-8-10-31(11-9-16)19-12-17-6-7-18(13-19)32(17)22(35)14-34/h3-5,15-19,34H,6-14H2,1-2H3. The lowest BCUT2D eigenvalue weighted by atomic mass is 9.91. The fourth-order valence-corrected chi connectivity index (χ4v) is 6.65. The van der Waals surface area contributed by atoms with Gasteiger partial charge in [-0.3, -0.25) is 4.79 Å². The third-order valence-electron chi connectivity index (χ3n) is 8.38. The average Bonchev–Trinajstić information content (AvgIpc) is 3.58. The number of rotatable bonds is 5. The van der Waals surface area contributed by atoms with Crippen molar-refractivity contribution in [3.63, 3.8) is 0 Å². The Morgan fingerprint density at radius 2 is 1.86 bits per heavy atom. The molecule has 2 unspecified atom stereocenters. The first-order chi connectivity index (χ1) is 17.4. The molecule has 0 aliphatic carbocycles. The Bertz CT molecular complexity index is 1250. The summed E-state index contributed by atoms with van der Waals surface area (Å²) in [4.78, 5) is 21.3. The van der Waals surface area contributed by atoms with Crippen molar-refractivity contribution in [1.82, 2.24) is 29.7 Å². The second-order valence-corrected chi connectivity index (χ2v) is 10.8. The highest BCUT2D eigenvalue weighted by molar-refractivity contribution is 5.84. The molecule has 0 radical (unpaired) electrons. The number of likely N-dealkylation sites (tertiary alicyclic amines) is 1. The van der Waals surface area contributed by atoms with Crippen LogP contribution in [0.1, 0.15) is 75.8 Å². The van der Waals surface area contributed by atoms with E-state index in [4.69, 9.17) is 4.52 Å². The molecule has 2 atom stereocenters. The van der Waals surface area contributed by atoms with Gasteiger partial charge in [0.2, 0.25) is 11.8 Å². The third kappa shape index (κ3) is 3.91. The zero-order valence-electron chi connectivity index (χ0n) is 20.8. The maximum Gasteiger partial charge on any atom is 0.291 e. The Morgan fingerprint density at radius 3 is 2.53 bits per heavy atom. The number of carbonyl (C=O) groups excluding carboxylic acids is 1. The Kier molecular flexibility index (Phi) is 6.03. The highest BCUT2D eigenvalue weighted by atomic mass is 19.1. The van der Waals surface area contributed by atoms with Crippen molar-refractivity contribution in [2.24, 2.45) is 0 Å². The van der Waals surface area contributed by atoms with Crippen LogP contribution in [0, 0.1) is 5.82 Å². The topological polar surface area (TPSA) is 101 Å². The predicted molar refractivity (Wildman–Crippen MR) is 130 cm³/mol. The van der Waals surface area contributed by atoms with Crippen LogP contribution in [-0.4, -0.2) is 78.6 Å². The molecule has 2 aromatic heterocycles. The van der Waals surface area contributed by atoms with Crippen LogP contribution in [0.3, 0.4) is 0 Å². The van der Waals surface area contributed by atoms with E-state index in [0.29, 0.717) is 17.4 Å². The molecule has 5 heterocycles. The van der Waals surface area contributed by atoms with E-state index in [9.17, 15) is 14.3 Å². The van der Waals surface area contributed by atoms with Gasteiger partial charge in [-0.15, -0.1) is 0 Å². The molecule has 0 saturated carbocycles. The molecule has 36 heavy (non-hydrogen) atoms. The smallest absolute Gasteiger partial charge is 0.291 e. The second-order valence-electron chi connectivity index (χ2n) is 10.8. The maximum absolute atomic E-state index is 14.8. The van der Waals surface area contributed by atoms with E-state index < -0.39 is 6.61 Å². The number of halogens is 1. The van der Waals surface area contributed by atoms with E-state index >= 15 is 0 Å². The van der Waals surface area contributed by atoms with Crippen LogP contribution in [0.5, 0.6) is 0 Å². The summed E-state index contributed by atoms with van der Waals surface area (Å²) >= 11 is 0. The van der Waals surface area contributed by atoms with E-state index in [-0.39, 0.29) is 41.6 Å². The quantitative estimate of drug-likeness (QED) is 0.578. The van der Waals surface area contributed by atoms with Crippen molar-refractivity contribution >= 4 is 16.8 Å². The minimum atomic E-state index is -0.394. The Hall–Kier alpha value is -2.85. The minimum Gasteiger partial charge on any atom is -0.387 e. The molecule has 10 heteroatoms. The third-order valence-corrected chi connectivity index (χ3v) is 8.38. The summed E-state index contributed by atoms with van der Waals surface area (Å²) in [6.07, 6.45) is 5.86. The number of amides is 1. The largest absolute Gasteiger partial charge is 0.387 e. The van der Waals surface area contributed by atoms with E-state index in [2.05, 4.69) is 20.1 Å². The van der Waals surface area contributed by atoms with Crippen LogP contribution in [0.4, 0.5) is 4.39 Å². The maximum atomic E-state index is 14.8. The fourth-order valence-electron chi connectivity index (χ4n) is 6.65. The predicted octanol–water partition coefficient (Wildman–Crippen LogP) is 3.36. The highest BCUT2D eigenvalue weighted by Gasteiger charge is 2.45. The number of fused-ring (bicyclic) bond motifs is 3. The van der Waals surface area contributed by atoms with Crippen molar-refractivity contribution in [2.45, 2.75) is 82.3 Å². The van der Waals surface area contributed by atoms with Crippen molar-refractivity contribution in [1.29, 1.82) is 0 Å². The lowest BCUT2D eigenvalue weighted by Crippen LogP contribution is -2.54. The van der Waals surface area contributed by atoms with Crippen LogP contribution in [0.2, 0.25) is 0 Å². The first-order valence-corrected chi connectivity index (χ1v) is 13.1. The van der Waals surface area contributed by atoms with E-state index in [0.717, 1.165) is 62.7 Å². The monoisotopic (exact) mass is 496 g/mol. The van der Waals surface area contributed by atoms with Crippen LogP contribution >= 0.6 is 0 Å². The molecule has 3 fully saturated rings. The number of hydrogen-bond acceptors (Lipinski definition) is 7. The van der Waals surface area contributed by atoms with Crippen LogP contribution in [0.15, 0.2) is 22.7 Å². The lowest BCUT2D eigenvalue weighted by Gasteiger charge is -2.45. The molecule has 3 aliphatic heterocycles. The number of piperidine rings is 2. The van der Waals surface area contributed by atoms with Gasteiger partial charge in [0.1, 0.15) is 17.9 Å². The van der Waals surface area contributed by atoms with Crippen LogP contribution in [-0.2, 0) is 4.79 Å². The van der Waals surface area contributed by atoms with Crippen LogP contribution in [0.25, 0.3) is 16.9 Å². The van der Waals surface area contributed by atoms with Crippen molar-refractivity contribution in [2.75, 3.05) is 19.7 Å². The molecular formula is C26H33FN6O3. The molecule has 0 spiro atoms. The summed E-state index contributed by atoms with van der Waals surface area (Å²) in [5.41, 5.74) is 1.19. The summed E-state index contributed by atoms with van der Waals surface area (Å²) in [6.45, 7) is 5.56. The summed E-state index contributed by atoms with van der Waals surface area (Å²) in [6, 6.07) is 5.99. The highest BCUT2D eigenvalue weighted by Crippen LogP contribution is 2.39. The molecule has 192 valence electrons. The molecule has 9 nitrogen and oxygen atoms in total. The zero-order chi connectivity index (χ0) is 25.0. The Morgan fingerprint density at radius 1 is 1.14 bits per heavy atom. The number of hydrogen-bond donors (Lipinski definition) is 1. The number of benzene rings is 1. The van der Waals surface area contributed by atoms with Gasteiger partial charge in [-0.2, -0.15) is 14.8 Å². The summed E-state index contributed by atoms with van der Waals surface area (Å²) in [5, 5.41) is 18.9. The van der Waals surface area contributed by atoms with Gasteiger partial charge in [0, 0.05) is 29.4 Å². The molecule has 1 aromatic carbocycles. The van der Waals surface area contributed by atoms with Gasteiger partial charge in [-0.25, -0.2) is 4.39 Å². The normalized spacial score (nSPS) is 25.4. The summed E-state index contributed by atoms with van der Waals surface area (Å²) in [7, 11) is 0. The molecular weight excluding hydrogens is 463 g/mol. The van der Waals surface area contributed by atoms with Crippen molar-refractivity contribution in [3.05, 3.63) is 35.6 Å². The van der Waals surface area contributed by atoms with Gasteiger partial charge < -0.3 is 19.4 Å². The number of nitrogens with zero attached hydrogens (tertiary/aromatic N) is 6. The summed E-state index contributed by atoms with van der Waals surface area (Å²) < 4.78 is 21.9. The SMILES string of the molecule is CC(C)c1nn(-c2noc(C3CCN(C4CC5CCC(C4)N5C(=O)CO)CC3)n2)c2c(F)cccc12. The first-order valence-electron chi connectivity index (χ1n) is 13.1. The van der Waals surface area contributed by atoms with E-state index in [1.54, 1.807) is 6.07 Å². The van der Waals surface area contributed by atoms with E-state index in [1.807, 2.05) is 24.8 Å². The number of aromatic nitrogens is 4. The molecule has 1 amide bonds. The van der Waals surface area contributed by atoms with E-state index in [1.165, 1.54) is 10.7 Å². The fraction of sp³-hybridized carbons (Fsp3) is 0.615.